The molecule has 1 aliphatic heterocycles. The Labute approximate surface area is 147 Å². The van der Waals surface area contributed by atoms with Gasteiger partial charge in [-0.25, -0.2) is 0 Å². The molecule has 0 saturated carbocycles. The topological polar surface area (TPSA) is 58.3 Å². The van der Waals surface area contributed by atoms with Crippen LogP contribution in [0.5, 0.6) is 0 Å². The van der Waals surface area contributed by atoms with Crippen LogP contribution < -0.4 is 0 Å². The lowest BCUT2D eigenvalue weighted by atomic mass is 10.1. The van der Waals surface area contributed by atoms with E-state index in [-0.39, 0.29) is 6.04 Å². The van der Waals surface area contributed by atoms with Crippen molar-refractivity contribution < 1.29 is 4.52 Å². The molecule has 1 unspecified atom stereocenters. The van der Waals surface area contributed by atoms with Gasteiger partial charge in [-0.2, -0.15) is 4.98 Å². The van der Waals surface area contributed by atoms with Gasteiger partial charge in [-0.15, -0.1) is 0 Å². The molecule has 1 aliphatic rings. The number of piperazine rings is 1. The van der Waals surface area contributed by atoms with Crippen molar-refractivity contribution in [1.29, 1.82) is 0 Å². The SMILES string of the molecule is Cc1noc(C(C)N2CCN(Cc3cccc4cccnc34)CC2)n1. The number of hydrogen-bond donors (Lipinski definition) is 0. The maximum atomic E-state index is 5.33. The van der Waals surface area contributed by atoms with E-state index >= 15 is 0 Å². The normalized spacial score (nSPS) is 17.8. The lowest BCUT2D eigenvalue weighted by Crippen LogP contribution is -2.46. The highest BCUT2D eigenvalue weighted by Gasteiger charge is 2.25. The fourth-order valence-electron chi connectivity index (χ4n) is 3.48. The maximum Gasteiger partial charge on any atom is 0.243 e. The van der Waals surface area contributed by atoms with Crippen molar-refractivity contribution in [1.82, 2.24) is 24.9 Å². The van der Waals surface area contributed by atoms with Crippen LogP contribution in [-0.2, 0) is 6.54 Å². The Bertz CT molecular complexity index is 848. The van der Waals surface area contributed by atoms with Crippen molar-refractivity contribution in [2.24, 2.45) is 0 Å². The molecule has 1 aromatic carbocycles. The van der Waals surface area contributed by atoms with Gasteiger partial charge in [0.1, 0.15) is 0 Å². The summed E-state index contributed by atoms with van der Waals surface area (Å²) < 4.78 is 5.33. The van der Waals surface area contributed by atoms with Gasteiger partial charge in [-0.3, -0.25) is 14.8 Å². The zero-order chi connectivity index (χ0) is 17.2. The molecule has 0 bridgehead atoms. The van der Waals surface area contributed by atoms with Crippen molar-refractivity contribution in [3.8, 4) is 0 Å². The second kappa shape index (κ2) is 6.90. The molecule has 1 atom stereocenters. The standard InChI is InChI=1S/C19H23N5O/c1-14(19-21-15(2)22-25-19)24-11-9-23(10-12-24)13-17-6-3-5-16-7-4-8-20-18(16)17/h3-8,14H,9-13H2,1-2H3. The first-order valence-corrected chi connectivity index (χ1v) is 8.80. The van der Waals surface area contributed by atoms with Crippen LogP contribution in [0.15, 0.2) is 41.1 Å². The summed E-state index contributed by atoms with van der Waals surface area (Å²) in [5.41, 5.74) is 2.41. The second-order valence-electron chi connectivity index (χ2n) is 6.66. The van der Waals surface area contributed by atoms with Gasteiger partial charge in [0.2, 0.25) is 5.89 Å². The lowest BCUT2D eigenvalue weighted by molar-refractivity contribution is 0.0847. The van der Waals surface area contributed by atoms with Gasteiger partial charge in [0.25, 0.3) is 0 Å². The first kappa shape index (κ1) is 16.2. The number of para-hydroxylation sites is 1. The average molecular weight is 337 g/mol. The van der Waals surface area contributed by atoms with Gasteiger partial charge in [0.15, 0.2) is 5.82 Å². The molecule has 3 aromatic rings. The van der Waals surface area contributed by atoms with Crippen LogP contribution in [0.2, 0.25) is 0 Å². The molecular weight excluding hydrogens is 314 g/mol. The number of hydrogen-bond acceptors (Lipinski definition) is 6. The molecule has 2 aromatic heterocycles. The van der Waals surface area contributed by atoms with Crippen molar-refractivity contribution in [2.45, 2.75) is 26.4 Å². The molecule has 0 spiro atoms. The Hall–Kier alpha value is -2.31. The molecular formula is C19H23N5O. The van der Waals surface area contributed by atoms with Gasteiger partial charge >= 0.3 is 0 Å². The molecule has 0 N–H and O–H groups in total. The van der Waals surface area contributed by atoms with Gasteiger partial charge in [-0.1, -0.05) is 29.4 Å². The van der Waals surface area contributed by atoms with E-state index in [1.165, 1.54) is 10.9 Å². The van der Waals surface area contributed by atoms with Gasteiger partial charge in [0.05, 0.1) is 11.6 Å². The van der Waals surface area contributed by atoms with Crippen molar-refractivity contribution in [2.75, 3.05) is 26.2 Å². The van der Waals surface area contributed by atoms with E-state index in [0.29, 0.717) is 11.7 Å². The number of fused-ring (bicyclic) bond motifs is 1. The van der Waals surface area contributed by atoms with Crippen LogP contribution in [0.3, 0.4) is 0 Å². The molecule has 130 valence electrons. The van der Waals surface area contributed by atoms with E-state index in [1.54, 1.807) is 0 Å². The van der Waals surface area contributed by atoms with Gasteiger partial charge in [0, 0.05) is 44.3 Å². The summed E-state index contributed by atoms with van der Waals surface area (Å²) in [6, 6.07) is 10.7. The van der Waals surface area contributed by atoms with E-state index in [1.807, 2.05) is 19.2 Å². The maximum absolute atomic E-state index is 5.33. The smallest absolute Gasteiger partial charge is 0.243 e. The molecule has 6 nitrogen and oxygen atoms in total. The predicted octanol–water partition coefficient (Wildman–Crippen LogP) is 2.81. The first-order valence-electron chi connectivity index (χ1n) is 8.80. The van der Waals surface area contributed by atoms with Crippen LogP contribution >= 0.6 is 0 Å². The fraction of sp³-hybridized carbons (Fsp3) is 0.421. The van der Waals surface area contributed by atoms with Gasteiger partial charge in [-0.05, 0) is 25.5 Å². The second-order valence-corrected chi connectivity index (χ2v) is 6.66. The highest BCUT2D eigenvalue weighted by atomic mass is 16.5. The summed E-state index contributed by atoms with van der Waals surface area (Å²) in [5.74, 6) is 1.41. The number of aryl methyl sites for hydroxylation is 1. The zero-order valence-electron chi connectivity index (χ0n) is 14.7. The van der Waals surface area contributed by atoms with Crippen molar-refractivity contribution in [3.05, 3.63) is 53.8 Å². The number of benzene rings is 1. The van der Waals surface area contributed by atoms with E-state index in [4.69, 9.17) is 4.52 Å². The van der Waals surface area contributed by atoms with E-state index < -0.39 is 0 Å². The summed E-state index contributed by atoms with van der Waals surface area (Å²) >= 11 is 0. The molecule has 6 heteroatoms. The lowest BCUT2D eigenvalue weighted by Gasteiger charge is -2.36. The predicted molar refractivity (Wildman–Crippen MR) is 96.0 cm³/mol. The monoisotopic (exact) mass is 337 g/mol. The quantitative estimate of drug-likeness (QED) is 0.730. The van der Waals surface area contributed by atoms with Crippen molar-refractivity contribution in [3.63, 3.8) is 0 Å². The number of pyridine rings is 1. The largest absolute Gasteiger partial charge is 0.338 e. The minimum absolute atomic E-state index is 0.169. The van der Waals surface area contributed by atoms with E-state index in [9.17, 15) is 0 Å². The highest BCUT2D eigenvalue weighted by molar-refractivity contribution is 5.81. The van der Waals surface area contributed by atoms with Crippen LogP contribution in [-0.4, -0.2) is 51.1 Å². The third kappa shape index (κ3) is 3.41. The van der Waals surface area contributed by atoms with Crippen LogP contribution in [0, 0.1) is 6.92 Å². The summed E-state index contributed by atoms with van der Waals surface area (Å²) in [5, 5.41) is 5.11. The number of nitrogens with zero attached hydrogens (tertiary/aromatic N) is 5. The Morgan fingerprint density at radius 2 is 1.92 bits per heavy atom. The van der Waals surface area contributed by atoms with Crippen molar-refractivity contribution >= 4 is 10.9 Å². The third-order valence-electron chi connectivity index (χ3n) is 4.97. The Morgan fingerprint density at radius 1 is 1.12 bits per heavy atom. The molecule has 4 rings (SSSR count). The molecule has 3 heterocycles. The Balaban J connectivity index is 1.40. The number of aromatic nitrogens is 3. The summed E-state index contributed by atoms with van der Waals surface area (Å²) in [4.78, 5) is 13.8. The molecule has 0 amide bonds. The van der Waals surface area contributed by atoms with Crippen LogP contribution in [0.4, 0.5) is 0 Å². The summed E-state index contributed by atoms with van der Waals surface area (Å²) in [6.07, 6.45) is 1.87. The molecule has 1 fully saturated rings. The number of rotatable bonds is 4. The average Bonchev–Trinajstić information content (AvgIpc) is 3.08. The summed E-state index contributed by atoms with van der Waals surface area (Å²) in [7, 11) is 0. The van der Waals surface area contributed by atoms with Crippen LogP contribution in [0.1, 0.15) is 30.2 Å². The van der Waals surface area contributed by atoms with E-state index in [0.717, 1.165) is 38.2 Å². The zero-order valence-corrected chi connectivity index (χ0v) is 14.7. The molecule has 1 saturated heterocycles. The first-order chi connectivity index (χ1) is 12.2. The van der Waals surface area contributed by atoms with E-state index in [2.05, 4.69) is 56.1 Å². The Kier molecular flexibility index (Phi) is 4.46. The minimum atomic E-state index is 0.169. The molecule has 25 heavy (non-hydrogen) atoms. The molecule has 0 radical (unpaired) electrons. The third-order valence-corrected chi connectivity index (χ3v) is 4.97. The minimum Gasteiger partial charge on any atom is -0.338 e. The summed E-state index contributed by atoms with van der Waals surface area (Å²) in [6.45, 7) is 8.99. The molecule has 0 aliphatic carbocycles. The fourth-order valence-corrected chi connectivity index (χ4v) is 3.48. The highest BCUT2D eigenvalue weighted by Crippen LogP contribution is 2.22. The van der Waals surface area contributed by atoms with Gasteiger partial charge < -0.3 is 4.52 Å². The van der Waals surface area contributed by atoms with Crippen LogP contribution in [0.25, 0.3) is 10.9 Å². The Morgan fingerprint density at radius 3 is 2.68 bits per heavy atom.